The lowest BCUT2D eigenvalue weighted by Crippen LogP contribution is -2.41. The summed E-state index contributed by atoms with van der Waals surface area (Å²) in [4.78, 5) is 25.6. The number of aryl methyl sites for hydroxylation is 1. The number of hydrogen-bond donors (Lipinski definition) is 1. The van der Waals surface area contributed by atoms with Crippen molar-refractivity contribution in [3.8, 4) is 0 Å². The Hall–Kier alpha value is -1.72. The number of anilines is 1. The van der Waals surface area contributed by atoms with Crippen LogP contribution in [0.1, 0.15) is 37.8 Å². The lowest BCUT2D eigenvalue weighted by atomic mass is 9.87. The van der Waals surface area contributed by atoms with Gasteiger partial charge in [-0.05, 0) is 19.8 Å². The largest absolute Gasteiger partial charge is 0.466 e. The quantitative estimate of drug-likeness (QED) is 0.819. The van der Waals surface area contributed by atoms with Gasteiger partial charge in [-0.25, -0.2) is 0 Å². The minimum absolute atomic E-state index is 0.0248. The molecule has 0 atom stereocenters. The predicted octanol–water partition coefficient (Wildman–Crippen LogP) is 0.827. The molecular weight excluding hydrogens is 246 g/mol. The SMILES string of the molecule is CCOC(=O)CCn1[nH]c(=O)c2c1C1CCN2CC1. The molecule has 0 radical (unpaired) electrons. The smallest absolute Gasteiger partial charge is 0.307 e. The zero-order chi connectivity index (χ0) is 13.4. The van der Waals surface area contributed by atoms with Crippen molar-refractivity contribution in [2.75, 3.05) is 24.6 Å². The Kier molecular flexibility index (Phi) is 3.08. The summed E-state index contributed by atoms with van der Waals surface area (Å²) in [5, 5.41) is 2.87. The molecule has 3 aliphatic heterocycles. The third kappa shape index (κ3) is 2.05. The number of nitrogens with one attached hydrogen (secondary N) is 1. The molecule has 104 valence electrons. The van der Waals surface area contributed by atoms with Gasteiger partial charge in [-0.3, -0.25) is 19.4 Å². The van der Waals surface area contributed by atoms with E-state index in [1.807, 2.05) is 4.68 Å². The number of aromatic nitrogens is 2. The fraction of sp³-hybridized carbons (Fsp3) is 0.692. The van der Waals surface area contributed by atoms with Crippen molar-refractivity contribution in [2.45, 2.75) is 38.6 Å². The molecule has 1 saturated heterocycles. The maximum atomic E-state index is 12.0. The van der Waals surface area contributed by atoms with E-state index in [1.165, 1.54) is 0 Å². The van der Waals surface area contributed by atoms with Crippen LogP contribution in [0.15, 0.2) is 4.79 Å². The number of nitrogens with zero attached hydrogens (tertiary/aromatic N) is 2. The van der Waals surface area contributed by atoms with Gasteiger partial charge < -0.3 is 9.64 Å². The van der Waals surface area contributed by atoms with Crippen LogP contribution in [0.5, 0.6) is 0 Å². The summed E-state index contributed by atoms with van der Waals surface area (Å²) in [6.07, 6.45) is 2.50. The summed E-state index contributed by atoms with van der Waals surface area (Å²) >= 11 is 0. The normalized spacial score (nSPS) is 17.6. The van der Waals surface area contributed by atoms with Crippen LogP contribution in [0, 0.1) is 0 Å². The number of rotatable bonds is 4. The first-order valence-corrected chi connectivity index (χ1v) is 6.94. The Morgan fingerprint density at radius 2 is 2.16 bits per heavy atom. The number of hydrogen-bond acceptors (Lipinski definition) is 4. The Morgan fingerprint density at radius 1 is 1.42 bits per heavy atom. The highest BCUT2D eigenvalue weighted by Crippen LogP contribution is 2.39. The van der Waals surface area contributed by atoms with E-state index in [4.69, 9.17) is 4.74 Å². The number of piperidine rings is 1. The van der Waals surface area contributed by atoms with E-state index >= 15 is 0 Å². The van der Waals surface area contributed by atoms with Crippen molar-refractivity contribution < 1.29 is 9.53 Å². The second-order valence-electron chi connectivity index (χ2n) is 5.14. The summed E-state index contributed by atoms with van der Waals surface area (Å²) in [5.41, 5.74) is 1.89. The molecule has 6 nitrogen and oxygen atoms in total. The molecule has 19 heavy (non-hydrogen) atoms. The van der Waals surface area contributed by atoms with Crippen molar-refractivity contribution in [1.82, 2.24) is 9.78 Å². The molecule has 6 heteroatoms. The first-order valence-electron chi connectivity index (χ1n) is 6.94. The maximum Gasteiger partial charge on any atom is 0.307 e. The molecule has 2 bridgehead atoms. The second-order valence-corrected chi connectivity index (χ2v) is 5.14. The van der Waals surface area contributed by atoms with E-state index in [-0.39, 0.29) is 11.5 Å². The van der Waals surface area contributed by atoms with Crippen molar-refractivity contribution in [1.29, 1.82) is 0 Å². The van der Waals surface area contributed by atoms with Crippen LogP contribution < -0.4 is 10.5 Å². The van der Waals surface area contributed by atoms with E-state index in [0.29, 0.717) is 25.5 Å². The standard InChI is InChI=1S/C13H19N3O3/c1-2-19-10(17)5-8-16-11-9-3-6-15(7-4-9)12(11)13(18)14-16/h9H,2-8H2,1H3,(H,14,18). The number of carbonyl (C=O) groups is 1. The van der Waals surface area contributed by atoms with E-state index in [1.54, 1.807) is 6.92 Å². The minimum atomic E-state index is -0.216. The molecule has 4 heterocycles. The van der Waals surface area contributed by atoms with Crippen LogP contribution in [-0.4, -0.2) is 35.4 Å². The Balaban J connectivity index is 1.82. The number of fused-ring (bicyclic) bond motifs is 2. The van der Waals surface area contributed by atoms with Crippen LogP contribution in [-0.2, 0) is 16.1 Å². The van der Waals surface area contributed by atoms with E-state index in [9.17, 15) is 9.59 Å². The van der Waals surface area contributed by atoms with Gasteiger partial charge in [0.1, 0.15) is 5.69 Å². The van der Waals surface area contributed by atoms with Gasteiger partial charge in [0.05, 0.1) is 18.7 Å². The molecule has 1 fully saturated rings. The lowest BCUT2D eigenvalue weighted by molar-refractivity contribution is -0.143. The highest BCUT2D eigenvalue weighted by atomic mass is 16.5. The van der Waals surface area contributed by atoms with Gasteiger partial charge >= 0.3 is 5.97 Å². The number of carbonyl (C=O) groups excluding carboxylic acids is 1. The maximum absolute atomic E-state index is 12.0. The van der Waals surface area contributed by atoms with Crippen LogP contribution in [0.3, 0.4) is 0 Å². The first-order chi connectivity index (χ1) is 9.20. The van der Waals surface area contributed by atoms with Crippen LogP contribution >= 0.6 is 0 Å². The Labute approximate surface area is 111 Å². The molecule has 1 aromatic heterocycles. The van der Waals surface area contributed by atoms with Gasteiger partial charge in [0.25, 0.3) is 5.56 Å². The minimum Gasteiger partial charge on any atom is -0.466 e. The van der Waals surface area contributed by atoms with E-state index in [2.05, 4.69) is 10.00 Å². The third-order valence-electron chi connectivity index (χ3n) is 4.03. The van der Waals surface area contributed by atoms with Gasteiger partial charge in [-0.2, -0.15) is 0 Å². The summed E-state index contributed by atoms with van der Waals surface area (Å²) < 4.78 is 6.77. The molecule has 0 aliphatic carbocycles. The lowest BCUT2D eigenvalue weighted by Gasteiger charge is -2.39. The van der Waals surface area contributed by atoms with Crippen molar-refractivity contribution in [3.05, 3.63) is 16.0 Å². The molecule has 0 aromatic carbocycles. The molecule has 1 aromatic rings. The predicted molar refractivity (Wildman–Crippen MR) is 70.5 cm³/mol. The first kappa shape index (κ1) is 12.3. The van der Waals surface area contributed by atoms with Crippen LogP contribution in [0.25, 0.3) is 0 Å². The molecular formula is C13H19N3O3. The summed E-state index contributed by atoms with van der Waals surface area (Å²) in [7, 11) is 0. The van der Waals surface area contributed by atoms with E-state index < -0.39 is 0 Å². The zero-order valence-electron chi connectivity index (χ0n) is 11.1. The third-order valence-corrected chi connectivity index (χ3v) is 4.03. The molecule has 0 spiro atoms. The van der Waals surface area contributed by atoms with Gasteiger partial charge in [0, 0.05) is 25.6 Å². The van der Waals surface area contributed by atoms with Crippen molar-refractivity contribution in [2.24, 2.45) is 0 Å². The van der Waals surface area contributed by atoms with Gasteiger partial charge in [-0.1, -0.05) is 0 Å². The summed E-state index contributed by atoms with van der Waals surface area (Å²) in [5.74, 6) is 0.244. The van der Waals surface area contributed by atoms with Gasteiger partial charge in [0.15, 0.2) is 0 Å². The van der Waals surface area contributed by atoms with Gasteiger partial charge in [0.2, 0.25) is 0 Å². The zero-order valence-corrected chi connectivity index (χ0v) is 11.1. The summed E-state index contributed by atoms with van der Waals surface area (Å²) in [6.45, 7) is 4.64. The Bertz CT molecular complexity index is 538. The molecule has 1 N–H and O–H groups in total. The molecule has 3 aliphatic rings. The fourth-order valence-electron chi connectivity index (χ4n) is 3.19. The fourth-order valence-corrected chi connectivity index (χ4v) is 3.19. The van der Waals surface area contributed by atoms with Crippen molar-refractivity contribution in [3.63, 3.8) is 0 Å². The van der Waals surface area contributed by atoms with E-state index in [0.717, 1.165) is 37.3 Å². The topological polar surface area (TPSA) is 67.3 Å². The molecule has 0 saturated carbocycles. The molecule has 0 unspecified atom stereocenters. The van der Waals surface area contributed by atoms with Crippen LogP contribution in [0.2, 0.25) is 0 Å². The number of ether oxygens (including phenoxy) is 1. The summed E-state index contributed by atoms with van der Waals surface area (Å²) in [6, 6.07) is 0. The van der Waals surface area contributed by atoms with Crippen LogP contribution in [0.4, 0.5) is 5.69 Å². The average molecular weight is 265 g/mol. The molecule has 0 amide bonds. The highest BCUT2D eigenvalue weighted by molar-refractivity contribution is 5.69. The Morgan fingerprint density at radius 3 is 2.84 bits per heavy atom. The van der Waals surface area contributed by atoms with Crippen molar-refractivity contribution >= 4 is 11.7 Å². The number of esters is 1. The number of H-pyrrole nitrogens is 1. The van der Waals surface area contributed by atoms with Gasteiger partial charge in [-0.15, -0.1) is 0 Å². The monoisotopic (exact) mass is 265 g/mol. The highest BCUT2D eigenvalue weighted by Gasteiger charge is 2.36. The molecule has 4 rings (SSSR count). The number of aromatic amines is 1. The second kappa shape index (κ2) is 4.75. The average Bonchev–Trinajstić information content (AvgIpc) is 2.78.